The molecule has 29 heavy (non-hydrogen) atoms. The van der Waals surface area contributed by atoms with Crippen LogP contribution in [-0.2, 0) is 21.9 Å². The van der Waals surface area contributed by atoms with E-state index in [-0.39, 0.29) is 11.3 Å². The minimum atomic E-state index is -1.41. The number of aromatic amines is 1. The van der Waals surface area contributed by atoms with Crippen LogP contribution >= 0.6 is 23.5 Å². The highest BCUT2D eigenvalue weighted by Gasteiger charge is 2.65. The number of nitrogens with zero attached hydrogens (tertiary/aromatic N) is 2. The van der Waals surface area contributed by atoms with Crippen molar-refractivity contribution in [2.45, 2.75) is 43.4 Å². The number of hydrogen-bond donors (Lipinski definition) is 3. The maximum absolute atomic E-state index is 11.1. The summed E-state index contributed by atoms with van der Waals surface area (Å²) in [4.78, 5) is 11.7. The highest BCUT2D eigenvalue weighted by atomic mass is 32.2. The van der Waals surface area contributed by atoms with Gasteiger partial charge in [-0.25, -0.2) is 9.98 Å². The van der Waals surface area contributed by atoms with Crippen LogP contribution in [0.4, 0.5) is 0 Å². The minimum absolute atomic E-state index is 0.00973. The number of ether oxygens (including phenoxy) is 2. The van der Waals surface area contributed by atoms with E-state index in [0.29, 0.717) is 29.6 Å². The predicted molar refractivity (Wildman–Crippen MR) is 116 cm³/mol. The molecule has 3 N–H and O–H groups in total. The topological polar surface area (TPSA) is 104 Å². The van der Waals surface area contributed by atoms with Gasteiger partial charge in [0, 0.05) is 12.8 Å². The van der Waals surface area contributed by atoms with Gasteiger partial charge < -0.3 is 19.6 Å². The van der Waals surface area contributed by atoms with Crippen LogP contribution in [0.25, 0.3) is 0 Å². The first kappa shape index (κ1) is 20.6. The first-order valence-electron chi connectivity index (χ1n) is 9.37. The molecule has 1 aliphatic heterocycles. The Labute approximate surface area is 178 Å². The molecule has 9 heteroatoms. The Kier molecular flexibility index (Phi) is 5.85. The molecule has 0 amide bonds. The van der Waals surface area contributed by atoms with E-state index < -0.39 is 11.4 Å². The molecule has 4 rings (SSSR count). The second-order valence-corrected chi connectivity index (χ2v) is 8.81. The molecule has 2 heterocycles. The molecule has 154 valence electrons. The second kappa shape index (κ2) is 8.23. The number of aromatic nitrogens is 2. The van der Waals surface area contributed by atoms with Crippen molar-refractivity contribution in [1.29, 1.82) is 5.41 Å². The number of aliphatic hydroxyl groups is 1. The molecule has 2 aromatic rings. The summed E-state index contributed by atoms with van der Waals surface area (Å²) in [7, 11) is 0. The molecule has 1 spiro atoms. The summed E-state index contributed by atoms with van der Waals surface area (Å²) in [6.07, 6.45) is 7.26. The van der Waals surface area contributed by atoms with Gasteiger partial charge in [-0.05, 0) is 24.5 Å². The molecular formula is C20H24N4O3S2. The van der Waals surface area contributed by atoms with Gasteiger partial charge in [-0.15, -0.1) is 11.8 Å². The molecule has 1 aromatic heterocycles. The number of H-pyrrole nitrogens is 1. The lowest BCUT2D eigenvalue weighted by atomic mass is 10.1. The van der Waals surface area contributed by atoms with E-state index in [9.17, 15) is 5.11 Å². The largest absolute Gasteiger partial charge is 0.370 e. The third-order valence-electron chi connectivity index (χ3n) is 5.30. The van der Waals surface area contributed by atoms with Crippen molar-refractivity contribution in [1.82, 2.24) is 9.97 Å². The van der Waals surface area contributed by atoms with Gasteiger partial charge in [-0.3, -0.25) is 5.41 Å². The summed E-state index contributed by atoms with van der Waals surface area (Å²) >= 11 is 2.66. The molecule has 1 saturated carbocycles. The fourth-order valence-electron chi connectivity index (χ4n) is 3.58. The van der Waals surface area contributed by atoms with E-state index in [1.165, 1.54) is 23.5 Å². The van der Waals surface area contributed by atoms with Crippen LogP contribution in [0, 0.1) is 5.41 Å². The fraction of sp³-hybridized carbons (Fsp3) is 0.450. The molecule has 7 nitrogen and oxygen atoms in total. The lowest BCUT2D eigenvalue weighted by molar-refractivity contribution is -0.217. The molecule has 2 unspecified atom stereocenters. The molecule has 1 aromatic carbocycles. The van der Waals surface area contributed by atoms with Crippen LogP contribution in [-0.4, -0.2) is 49.5 Å². The smallest absolute Gasteiger partial charge is 0.209 e. The van der Waals surface area contributed by atoms with E-state index in [1.807, 2.05) is 36.6 Å². The van der Waals surface area contributed by atoms with Crippen LogP contribution in [0.1, 0.15) is 36.3 Å². The maximum atomic E-state index is 11.1. The van der Waals surface area contributed by atoms with Gasteiger partial charge in [-0.2, -0.15) is 0 Å². The maximum Gasteiger partial charge on any atom is 0.209 e. The molecule has 2 fully saturated rings. The van der Waals surface area contributed by atoms with Crippen molar-refractivity contribution >= 4 is 33.7 Å². The van der Waals surface area contributed by atoms with E-state index in [0.717, 1.165) is 18.4 Å². The normalized spacial score (nSPS) is 28.8. The number of aliphatic imine (C=N–C) groups is 1. The Morgan fingerprint density at radius 1 is 1.34 bits per heavy atom. The number of benzene rings is 1. The number of hydrogen-bond acceptors (Lipinski definition) is 7. The van der Waals surface area contributed by atoms with Crippen LogP contribution in [0.3, 0.4) is 0 Å². The summed E-state index contributed by atoms with van der Waals surface area (Å²) in [6.45, 7) is 0.540. The van der Waals surface area contributed by atoms with Crippen molar-refractivity contribution in [3.05, 3.63) is 53.6 Å². The molecule has 3 atom stereocenters. The first-order chi connectivity index (χ1) is 14.0. The zero-order chi connectivity index (χ0) is 20.5. The average molecular weight is 433 g/mol. The first-order valence-corrected chi connectivity index (χ1v) is 11.8. The number of nitrogens with one attached hydrogen (secondary N) is 2. The molecular weight excluding hydrogens is 408 g/mol. The lowest BCUT2D eigenvalue weighted by Crippen LogP contribution is -2.28. The third-order valence-corrected chi connectivity index (χ3v) is 6.45. The second-order valence-electron chi connectivity index (χ2n) is 7.22. The van der Waals surface area contributed by atoms with Gasteiger partial charge in [-0.1, -0.05) is 42.1 Å². The van der Waals surface area contributed by atoms with Gasteiger partial charge in [0.05, 0.1) is 24.6 Å². The monoisotopic (exact) mass is 432 g/mol. The minimum Gasteiger partial charge on any atom is -0.370 e. The SMILES string of the molecule is CSC(=N)N=C(SC)c1ncc([C@@]2(O)CCC3(CC3OCc3ccccc3)O2)[nH]1. The van der Waals surface area contributed by atoms with Gasteiger partial charge in [0.15, 0.2) is 11.0 Å². The summed E-state index contributed by atoms with van der Waals surface area (Å²) in [5.41, 5.74) is 1.21. The van der Waals surface area contributed by atoms with Crippen molar-refractivity contribution in [3.8, 4) is 0 Å². The van der Waals surface area contributed by atoms with E-state index in [2.05, 4.69) is 15.0 Å². The number of thioether (sulfide) groups is 2. The van der Waals surface area contributed by atoms with E-state index in [1.54, 1.807) is 12.5 Å². The summed E-state index contributed by atoms with van der Waals surface area (Å²) in [5, 5.41) is 19.7. The van der Waals surface area contributed by atoms with Gasteiger partial charge >= 0.3 is 0 Å². The zero-order valence-corrected chi connectivity index (χ0v) is 18.0. The lowest BCUT2D eigenvalue weighted by Gasteiger charge is -2.22. The third kappa shape index (κ3) is 4.29. The van der Waals surface area contributed by atoms with Crippen molar-refractivity contribution in [3.63, 3.8) is 0 Å². The number of amidine groups is 1. The Bertz CT molecular complexity index is 919. The fourth-order valence-corrected chi connectivity index (χ4v) is 4.30. The van der Waals surface area contributed by atoms with Gasteiger partial charge in [0.2, 0.25) is 5.79 Å². The van der Waals surface area contributed by atoms with E-state index in [4.69, 9.17) is 14.9 Å². The summed E-state index contributed by atoms with van der Waals surface area (Å²) < 4.78 is 12.1. The average Bonchev–Trinajstić information content (AvgIpc) is 3.06. The Morgan fingerprint density at radius 3 is 2.86 bits per heavy atom. The molecule has 1 saturated heterocycles. The van der Waals surface area contributed by atoms with Crippen LogP contribution < -0.4 is 0 Å². The quantitative estimate of drug-likeness (QED) is 0.494. The molecule has 1 aliphatic carbocycles. The Morgan fingerprint density at radius 2 is 2.14 bits per heavy atom. The van der Waals surface area contributed by atoms with E-state index >= 15 is 0 Å². The van der Waals surface area contributed by atoms with Crippen LogP contribution in [0.2, 0.25) is 0 Å². The highest BCUT2D eigenvalue weighted by molar-refractivity contribution is 8.15. The summed E-state index contributed by atoms with van der Waals surface area (Å²) in [6, 6.07) is 10.0. The van der Waals surface area contributed by atoms with Crippen LogP contribution in [0.5, 0.6) is 0 Å². The molecule has 0 radical (unpaired) electrons. The standard InChI is InChI=1S/C20H24N4O3S2/c1-28-17(24-18(21)29-2)16-22-11-14(23-16)20(25)9-8-19(27-20)10-15(19)26-12-13-6-4-3-5-7-13/h3-7,11,15,21,25H,8-10,12H2,1-2H3,(H,22,23)/t15?,19?,20-/m1/s1. The Hall–Kier alpha value is -1.65. The van der Waals surface area contributed by atoms with Crippen molar-refractivity contribution in [2.24, 2.45) is 4.99 Å². The van der Waals surface area contributed by atoms with Crippen molar-refractivity contribution in [2.75, 3.05) is 12.5 Å². The van der Waals surface area contributed by atoms with Gasteiger partial charge in [0.25, 0.3) is 0 Å². The number of rotatable bonds is 5. The summed E-state index contributed by atoms with van der Waals surface area (Å²) in [5.74, 6) is -0.885. The molecule has 0 bridgehead atoms. The van der Waals surface area contributed by atoms with Crippen LogP contribution in [0.15, 0.2) is 41.5 Å². The molecule has 2 aliphatic rings. The predicted octanol–water partition coefficient (Wildman–Crippen LogP) is 3.50. The number of imidazole rings is 1. The Balaban J connectivity index is 1.41. The van der Waals surface area contributed by atoms with Gasteiger partial charge in [0.1, 0.15) is 10.6 Å². The van der Waals surface area contributed by atoms with Crippen molar-refractivity contribution < 1.29 is 14.6 Å². The highest BCUT2D eigenvalue weighted by Crippen LogP contribution is 2.56. The zero-order valence-electron chi connectivity index (χ0n) is 16.3.